The number of morpholine rings is 1. The molecule has 0 spiro atoms. The molecule has 0 bridgehead atoms. The molecule has 3 rings (SSSR count). The fourth-order valence-corrected chi connectivity index (χ4v) is 3.85. The molecule has 0 aliphatic carbocycles. The first-order valence-electron chi connectivity index (χ1n) is 10.4. The lowest BCUT2D eigenvalue weighted by atomic mass is 9.98. The molecule has 7 nitrogen and oxygen atoms in total. The summed E-state index contributed by atoms with van der Waals surface area (Å²) >= 11 is 0. The molecular weight excluding hydrogens is 356 g/mol. The number of ether oxygens (including phenoxy) is 1. The summed E-state index contributed by atoms with van der Waals surface area (Å²) < 4.78 is 5.29. The number of carbonyl (C=O) groups excluding carboxylic acids is 2. The second-order valence-corrected chi connectivity index (χ2v) is 7.36. The Labute approximate surface area is 167 Å². The van der Waals surface area contributed by atoms with Crippen molar-refractivity contribution in [2.75, 3.05) is 63.9 Å². The van der Waals surface area contributed by atoms with Crippen LogP contribution in [0.25, 0.3) is 0 Å². The van der Waals surface area contributed by atoms with Gasteiger partial charge in [0.25, 0.3) is 0 Å². The number of benzene rings is 1. The number of hydrogen-bond acceptors (Lipinski definition) is 5. The highest BCUT2D eigenvalue weighted by Crippen LogP contribution is 2.27. The molecule has 154 valence electrons. The van der Waals surface area contributed by atoms with Gasteiger partial charge in [0.1, 0.15) is 0 Å². The number of rotatable bonds is 7. The highest BCUT2D eigenvalue weighted by molar-refractivity contribution is 6.35. The fourth-order valence-electron chi connectivity index (χ4n) is 3.85. The van der Waals surface area contributed by atoms with E-state index in [0.29, 0.717) is 13.1 Å². The molecule has 0 saturated carbocycles. The molecule has 0 aromatic heterocycles. The van der Waals surface area contributed by atoms with Gasteiger partial charge in [-0.15, -0.1) is 0 Å². The van der Waals surface area contributed by atoms with Gasteiger partial charge in [-0.2, -0.15) is 0 Å². The molecule has 7 heteroatoms. The highest BCUT2D eigenvalue weighted by atomic mass is 16.5. The molecule has 0 atom stereocenters. The SMILES string of the molecule is CCN1CCCc2cc(CCNC(=O)C(=O)NCCN3CCOCC3)ccc21. The van der Waals surface area contributed by atoms with Crippen LogP contribution in [0.15, 0.2) is 18.2 Å². The lowest BCUT2D eigenvalue weighted by Crippen LogP contribution is -2.45. The summed E-state index contributed by atoms with van der Waals surface area (Å²) in [5.41, 5.74) is 3.92. The molecule has 0 unspecified atom stereocenters. The van der Waals surface area contributed by atoms with Gasteiger partial charge in [-0.3, -0.25) is 14.5 Å². The molecule has 1 saturated heterocycles. The second-order valence-electron chi connectivity index (χ2n) is 7.36. The minimum absolute atomic E-state index is 0.464. The van der Waals surface area contributed by atoms with Crippen LogP contribution in [0.2, 0.25) is 0 Å². The summed E-state index contributed by atoms with van der Waals surface area (Å²) in [6.45, 7) is 9.23. The molecule has 1 fully saturated rings. The maximum absolute atomic E-state index is 12.0. The summed E-state index contributed by atoms with van der Waals surface area (Å²) in [7, 11) is 0. The largest absolute Gasteiger partial charge is 0.379 e. The van der Waals surface area contributed by atoms with Crippen LogP contribution in [-0.4, -0.2) is 75.7 Å². The monoisotopic (exact) mass is 388 g/mol. The third-order valence-corrected chi connectivity index (χ3v) is 5.46. The average molecular weight is 389 g/mol. The number of carbonyl (C=O) groups is 2. The average Bonchev–Trinajstić information content (AvgIpc) is 2.73. The number of fused-ring (bicyclic) bond motifs is 1. The molecule has 2 N–H and O–H groups in total. The van der Waals surface area contributed by atoms with Gasteiger partial charge in [-0.05, 0) is 43.4 Å². The van der Waals surface area contributed by atoms with E-state index in [9.17, 15) is 9.59 Å². The molecule has 2 amide bonds. The van der Waals surface area contributed by atoms with Gasteiger partial charge in [0.15, 0.2) is 0 Å². The summed E-state index contributed by atoms with van der Waals surface area (Å²) in [4.78, 5) is 28.5. The third-order valence-electron chi connectivity index (χ3n) is 5.46. The first-order chi connectivity index (χ1) is 13.7. The van der Waals surface area contributed by atoms with E-state index in [1.807, 2.05) is 0 Å². The zero-order chi connectivity index (χ0) is 19.8. The molecular formula is C21H32N4O3. The highest BCUT2D eigenvalue weighted by Gasteiger charge is 2.17. The van der Waals surface area contributed by atoms with Crippen molar-refractivity contribution in [1.29, 1.82) is 0 Å². The number of hydrogen-bond donors (Lipinski definition) is 2. The Morgan fingerprint density at radius 1 is 1.07 bits per heavy atom. The molecule has 28 heavy (non-hydrogen) atoms. The van der Waals surface area contributed by atoms with Crippen molar-refractivity contribution in [3.05, 3.63) is 29.3 Å². The van der Waals surface area contributed by atoms with Crippen molar-refractivity contribution in [2.45, 2.75) is 26.2 Å². The van der Waals surface area contributed by atoms with Crippen LogP contribution in [0.5, 0.6) is 0 Å². The van der Waals surface area contributed by atoms with Gasteiger partial charge in [0.05, 0.1) is 13.2 Å². The van der Waals surface area contributed by atoms with Gasteiger partial charge in [-0.25, -0.2) is 0 Å². The standard InChI is InChI=1S/C21H32N4O3/c1-2-25-10-3-4-18-16-17(5-6-19(18)25)7-8-22-20(26)21(27)23-9-11-24-12-14-28-15-13-24/h5-6,16H,2-4,7-15H2,1H3,(H,22,26)(H,23,27). The number of anilines is 1. The van der Waals surface area contributed by atoms with Crippen LogP contribution < -0.4 is 15.5 Å². The minimum atomic E-state index is -0.558. The van der Waals surface area contributed by atoms with Crippen molar-refractivity contribution in [3.63, 3.8) is 0 Å². The van der Waals surface area contributed by atoms with Crippen molar-refractivity contribution in [3.8, 4) is 0 Å². The minimum Gasteiger partial charge on any atom is -0.379 e. The lowest BCUT2D eigenvalue weighted by Gasteiger charge is -2.30. The first kappa shape index (κ1) is 20.6. The molecule has 2 heterocycles. The maximum atomic E-state index is 12.0. The molecule has 2 aliphatic rings. The van der Waals surface area contributed by atoms with Gasteiger partial charge in [0, 0.05) is 51.5 Å². The van der Waals surface area contributed by atoms with Crippen LogP contribution in [0.4, 0.5) is 5.69 Å². The van der Waals surface area contributed by atoms with E-state index in [1.165, 1.54) is 23.2 Å². The van der Waals surface area contributed by atoms with E-state index in [-0.39, 0.29) is 0 Å². The Balaban J connectivity index is 1.37. The number of amides is 2. The molecule has 1 aromatic carbocycles. The van der Waals surface area contributed by atoms with E-state index >= 15 is 0 Å². The summed E-state index contributed by atoms with van der Waals surface area (Å²) in [6, 6.07) is 6.56. The van der Waals surface area contributed by atoms with E-state index in [2.05, 4.69) is 45.6 Å². The van der Waals surface area contributed by atoms with Crippen molar-refractivity contribution in [2.24, 2.45) is 0 Å². The Kier molecular flexibility index (Phi) is 7.68. The van der Waals surface area contributed by atoms with Gasteiger partial charge < -0.3 is 20.3 Å². The zero-order valence-corrected chi connectivity index (χ0v) is 16.8. The van der Waals surface area contributed by atoms with Gasteiger partial charge in [-0.1, -0.05) is 12.1 Å². The van der Waals surface area contributed by atoms with Gasteiger partial charge in [0.2, 0.25) is 0 Å². The smallest absolute Gasteiger partial charge is 0.309 e. The summed E-state index contributed by atoms with van der Waals surface area (Å²) in [5.74, 6) is -1.12. The predicted molar refractivity (Wildman–Crippen MR) is 110 cm³/mol. The Morgan fingerprint density at radius 2 is 1.82 bits per heavy atom. The van der Waals surface area contributed by atoms with Crippen molar-refractivity contribution >= 4 is 17.5 Å². The third kappa shape index (κ3) is 5.69. The topological polar surface area (TPSA) is 73.9 Å². The van der Waals surface area contributed by atoms with Crippen LogP contribution in [0, 0.1) is 0 Å². The van der Waals surface area contributed by atoms with Crippen LogP contribution in [0.1, 0.15) is 24.5 Å². The fraction of sp³-hybridized carbons (Fsp3) is 0.619. The van der Waals surface area contributed by atoms with E-state index in [4.69, 9.17) is 4.74 Å². The Bertz CT molecular complexity index is 674. The zero-order valence-electron chi connectivity index (χ0n) is 16.8. The number of nitrogens with zero attached hydrogens (tertiary/aromatic N) is 2. The first-order valence-corrected chi connectivity index (χ1v) is 10.4. The van der Waals surface area contributed by atoms with Crippen LogP contribution in [0.3, 0.4) is 0 Å². The normalized spacial score (nSPS) is 17.1. The Hall–Kier alpha value is -2.12. The van der Waals surface area contributed by atoms with Crippen molar-refractivity contribution in [1.82, 2.24) is 15.5 Å². The Morgan fingerprint density at radius 3 is 2.57 bits per heavy atom. The van der Waals surface area contributed by atoms with Crippen LogP contribution in [-0.2, 0) is 27.2 Å². The second kappa shape index (κ2) is 10.4. The predicted octanol–water partition coefficient (Wildman–Crippen LogP) is 0.566. The lowest BCUT2D eigenvalue weighted by molar-refractivity contribution is -0.139. The van der Waals surface area contributed by atoms with Gasteiger partial charge >= 0.3 is 11.8 Å². The molecule has 2 aliphatic heterocycles. The van der Waals surface area contributed by atoms with E-state index in [1.54, 1.807) is 0 Å². The number of aryl methyl sites for hydroxylation is 1. The quantitative estimate of drug-likeness (QED) is 0.668. The van der Waals surface area contributed by atoms with E-state index < -0.39 is 11.8 Å². The molecule has 0 radical (unpaired) electrons. The van der Waals surface area contributed by atoms with Crippen LogP contribution >= 0.6 is 0 Å². The van der Waals surface area contributed by atoms with E-state index in [0.717, 1.165) is 58.8 Å². The maximum Gasteiger partial charge on any atom is 0.309 e. The summed E-state index contributed by atoms with van der Waals surface area (Å²) in [6.07, 6.45) is 3.02. The molecule has 1 aromatic rings. The van der Waals surface area contributed by atoms with Crippen molar-refractivity contribution < 1.29 is 14.3 Å². The number of nitrogens with one attached hydrogen (secondary N) is 2. The summed E-state index contributed by atoms with van der Waals surface area (Å²) in [5, 5.41) is 5.42.